The molecule has 0 unspecified atom stereocenters. The minimum absolute atomic E-state index is 0.0267. The number of carbonyl (C=O) groups is 3. The molecule has 2 rings (SSSR count). The molecular weight excluding hydrogens is 354 g/mol. The Balaban J connectivity index is 2.18. The van der Waals surface area contributed by atoms with Crippen LogP contribution in [-0.2, 0) is 9.53 Å². The molecule has 1 fully saturated rings. The molecule has 0 saturated carbocycles. The maximum atomic E-state index is 12.3. The van der Waals surface area contributed by atoms with Crippen molar-refractivity contribution in [3.8, 4) is 5.75 Å². The molecule has 1 aromatic rings. The molecule has 0 aliphatic carbocycles. The van der Waals surface area contributed by atoms with E-state index in [1.807, 2.05) is 0 Å². The number of Topliss-reactive ketones (excluding diaryl/α,β-unsaturated/α-hetero) is 2. The lowest BCUT2D eigenvalue weighted by atomic mass is 10.0. The number of hydrogen-bond acceptors (Lipinski definition) is 5. The lowest BCUT2D eigenvalue weighted by Crippen LogP contribution is -2.41. The van der Waals surface area contributed by atoms with Crippen LogP contribution >= 0.6 is 15.9 Å². The van der Waals surface area contributed by atoms with Crippen molar-refractivity contribution in [3.63, 3.8) is 0 Å². The van der Waals surface area contributed by atoms with Crippen LogP contribution in [0.3, 0.4) is 0 Å². The van der Waals surface area contributed by atoms with Gasteiger partial charge in [-0.15, -0.1) is 0 Å². The van der Waals surface area contributed by atoms with E-state index in [0.29, 0.717) is 31.9 Å². The van der Waals surface area contributed by atoms with Crippen LogP contribution in [0.2, 0.25) is 0 Å². The number of phenols is 1. The Kier molecular flexibility index (Phi) is 5.31. The first-order chi connectivity index (χ1) is 10.4. The highest BCUT2D eigenvalue weighted by atomic mass is 79.9. The van der Waals surface area contributed by atoms with Crippen molar-refractivity contribution in [2.75, 3.05) is 26.3 Å². The van der Waals surface area contributed by atoms with Crippen molar-refractivity contribution in [1.82, 2.24) is 4.90 Å². The number of ether oxygens (including phenoxy) is 1. The van der Waals surface area contributed by atoms with Gasteiger partial charge in [0.05, 0.1) is 29.7 Å². The van der Waals surface area contributed by atoms with E-state index in [4.69, 9.17) is 4.74 Å². The van der Waals surface area contributed by atoms with E-state index in [1.165, 1.54) is 19.1 Å². The first-order valence-electron chi connectivity index (χ1n) is 6.82. The van der Waals surface area contributed by atoms with Gasteiger partial charge in [-0.3, -0.25) is 14.4 Å². The van der Waals surface area contributed by atoms with Gasteiger partial charge in [0.1, 0.15) is 5.75 Å². The number of morpholine rings is 1. The first kappa shape index (κ1) is 16.6. The van der Waals surface area contributed by atoms with Gasteiger partial charge >= 0.3 is 0 Å². The number of rotatable bonds is 4. The lowest BCUT2D eigenvalue weighted by molar-refractivity contribution is -0.134. The molecule has 0 atom stereocenters. The predicted molar refractivity (Wildman–Crippen MR) is 82.2 cm³/mol. The summed E-state index contributed by atoms with van der Waals surface area (Å²) in [6, 6.07) is 2.76. The Morgan fingerprint density at radius 1 is 1.27 bits per heavy atom. The van der Waals surface area contributed by atoms with Crippen molar-refractivity contribution in [1.29, 1.82) is 0 Å². The van der Waals surface area contributed by atoms with E-state index in [2.05, 4.69) is 15.9 Å². The van der Waals surface area contributed by atoms with Crippen LogP contribution in [0.1, 0.15) is 34.1 Å². The average molecular weight is 370 g/mol. The number of benzene rings is 1. The Morgan fingerprint density at radius 3 is 2.50 bits per heavy atom. The molecule has 1 N–H and O–H groups in total. The highest BCUT2D eigenvalue weighted by Gasteiger charge is 2.23. The number of halogens is 1. The fraction of sp³-hybridized carbons (Fsp3) is 0.400. The van der Waals surface area contributed by atoms with Gasteiger partial charge < -0.3 is 14.7 Å². The second-order valence-electron chi connectivity index (χ2n) is 5.00. The number of carbonyl (C=O) groups excluding carboxylic acids is 3. The minimum atomic E-state index is -0.516. The number of nitrogens with zero attached hydrogens (tertiary/aromatic N) is 1. The fourth-order valence-electron chi connectivity index (χ4n) is 2.17. The molecule has 1 saturated heterocycles. The van der Waals surface area contributed by atoms with Crippen molar-refractivity contribution in [3.05, 3.63) is 27.7 Å². The topological polar surface area (TPSA) is 83.9 Å². The maximum Gasteiger partial charge on any atom is 0.230 e. The van der Waals surface area contributed by atoms with E-state index in [0.717, 1.165) is 0 Å². The maximum absolute atomic E-state index is 12.3. The molecule has 1 aliphatic rings. The van der Waals surface area contributed by atoms with E-state index < -0.39 is 5.78 Å². The van der Waals surface area contributed by atoms with Gasteiger partial charge in [0.25, 0.3) is 0 Å². The van der Waals surface area contributed by atoms with Crippen molar-refractivity contribution in [2.45, 2.75) is 13.3 Å². The zero-order valence-electron chi connectivity index (χ0n) is 12.1. The number of amides is 1. The summed E-state index contributed by atoms with van der Waals surface area (Å²) in [5, 5.41) is 9.97. The van der Waals surface area contributed by atoms with Gasteiger partial charge in [0.15, 0.2) is 11.6 Å². The van der Waals surface area contributed by atoms with Crippen LogP contribution in [0.25, 0.3) is 0 Å². The second kappa shape index (κ2) is 7.02. The van der Waals surface area contributed by atoms with Gasteiger partial charge in [-0.25, -0.2) is 0 Å². The Labute approximate surface area is 136 Å². The van der Waals surface area contributed by atoms with Crippen LogP contribution in [0.5, 0.6) is 5.75 Å². The number of ketones is 2. The van der Waals surface area contributed by atoms with E-state index >= 15 is 0 Å². The molecule has 22 heavy (non-hydrogen) atoms. The molecule has 1 heterocycles. The molecule has 1 amide bonds. The summed E-state index contributed by atoms with van der Waals surface area (Å²) < 4.78 is 5.41. The Morgan fingerprint density at radius 2 is 1.91 bits per heavy atom. The van der Waals surface area contributed by atoms with Crippen LogP contribution in [0.15, 0.2) is 16.6 Å². The quantitative estimate of drug-likeness (QED) is 0.645. The third-order valence-corrected chi connectivity index (χ3v) is 4.05. The van der Waals surface area contributed by atoms with Gasteiger partial charge in [-0.1, -0.05) is 0 Å². The first-order valence-corrected chi connectivity index (χ1v) is 7.61. The summed E-state index contributed by atoms with van der Waals surface area (Å²) in [6.07, 6.45) is -0.346. The molecule has 0 spiro atoms. The molecule has 0 radical (unpaired) electrons. The van der Waals surface area contributed by atoms with Gasteiger partial charge in [0, 0.05) is 18.7 Å². The van der Waals surface area contributed by atoms with Gasteiger partial charge in [-0.05, 0) is 35.0 Å². The highest BCUT2D eigenvalue weighted by molar-refractivity contribution is 9.10. The van der Waals surface area contributed by atoms with Crippen LogP contribution in [0.4, 0.5) is 0 Å². The summed E-state index contributed by atoms with van der Waals surface area (Å²) in [5.41, 5.74) is 0.271. The summed E-state index contributed by atoms with van der Waals surface area (Å²) in [5.74, 6) is -1.31. The number of hydrogen-bond donors (Lipinski definition) is 1. The van der Waals surface area contributed by atoms with Crippen molar-refractivity contribution >= 4 is 33.4 Å². The lowest BCUT2D eigenvalue weighted by Gasteiger charge is -2.26. The number of phenolic OH excluding ortho intramolecular Hbond substituents is 1. The largest absolute Gasteiger partial charge is 0.506 e. The normalized spacial score (nSPS) is 14.7. The minimum Gasteiger partial charge on any atom is -0.506 e. The average Bonchev–Trinajstić information content (AvgIpc) is 2.50. The summed E-state index contributed by atoms with van der Waals surface area (Å²) in [4.78, 5) is 37.4. The molecule has 1 aliphatic heterocycles. The smallest absolute Gasteiger partial charge is 0.230 e. The Hall–Kier alpha value is -1.73. The molecular formula is C15H16BrNO5. The van der Waals surface area contributed by atoms with Crippen LogP contribution in [-0.4, -0.2) is 53.8 Å². The summed E-state index contributed by atoms with van der Waals surface area (Å²) in [6.45, 7) is 3.18. The monoisotopic (exact) mass is 369 g/mol. The van der Waals surface area contributed by atoms with Gasteiger partial charge in [0.2, 0.25) is 5.91 Å². The summed E-state index contributed by atoms with van der Waals surface area (Å²) >= 11 is 3.11. The molecule has 7 heteroatoms. The molecule has 118 valence electrons. The third kappa shape index (κ3) is 3.72. The van der Waals surface area contributed by atoms with E-state index in [1.54, 1.807) is 4.90 Å². The van der Waals surface area contributed by atoms with Crippen LogP contribution < -0.4 is 0 Å². The number of aromatic hydroxyl groups is 1. The third-order valence-electron chi connectivity index (χ3n) is 3.45. The highest BCUT2D eigenvalue weighted by Crippen LogP contribution is 2.30. The molecule has 1 aromatic carbocycles. The Bertz CT molecular complexity index is 623. The molecule has 0 aromatic heterocycles. The van der Waals surface area contributed by atoms with E-state index in [9.17, 15) is 19.5 Å². The summed E-state index contributed by atoms with van der Waals surface area (Å²) in [7, 11) is 0. The fourth-order valence-corrected chi connectivity index (χ4v) is 2.63. The van der Waals surface area contributed by atoms with Crippen molar-refractivity contribution in [2.24, 2.45) is 0 Å². The van der Waals surface area contributed by atoms with Crippen molar-refractivity contribution < 1.29 is 24.2 Å². The predicted octanol–water partition coefficient (Wildman–Crippen LogP) is 1.79. The second-order valence-corrected chi connectivity index (χ2v) is 5.86. The zero-order chi connectivity index (χ0) is 16.3. The zero-order valence-corrected chi connectivity index (χ0v) is 13.7. The van der Waals surface area contributed by atoms with Gasteiger partial charge in [-0.2, -0.15) is 0 Å². The standard InChI is InChI=1S/C15H16BrNO5/c1-9(18)10-6-11(15(21)12(16)7-10)13(19)8-14(20)17-2-4-22-5-3-17/h6-7,21H,2-5,8H2,1H3. The van der Waals surface area contributed by atoms with Crippen LogP contribution in [0, 0.1) is 0 Å². The molecule has 0 bridgehead atoms. The van der Waals surface area contributed by atoms with E-state index in [-0.39, 0.29) is 33.9 Å². The SMILES string of the molecule is CC(=O)c1cc(Br)c(O)c(C(=O)CC(=O)N2CCOCC2)c1. The molecule has 6 nitrogen and oxygen atoms in total.